The van der Waals surface area contributed by atoms with E-state index in [9.17, 15) is 0 Å². The summed E-state index contributed by atoms with van der Waals surface area (Å²) in [5.74, 6) is 1.38. The Morgan fingerprint density at radius 3 is 3.17 bits per heavy atom. The lowest BCUT2D eigenvalue weighted by atomic mass is 10.2. The predicted octanol–water partition coefficient (Wildman–Crippen LogP) is 1.97. The second kappa shape index (κ2) is 2.52. The molecule has 0 atom stereocenters. The molecule has 0 radical (unpaired) electrons. The van der Waals surface area contributed by atoms with Gasteiger partial charge in [-0.3, -0.25) is 0 Å². The highest BCUT2D eigenvalue weighted by molar-refractivity contribution is 6.48. The lowest BCUT2D eigenvalue weighted by Crippen LogP contribution is -2.15. The molecular weight excluding hydrogens is 176 g/mol. The summed E-state index contributed by atoms with van der Waals surface area (Å²) in [6, 6.07) is 0. The van der Waals surface area contributed by atoms with Crippen molar-refractivity contribution in [3.63, 3.8) is 0 Å². The van der Waals surface area contributed by atoms with Gasteiger partial charge in [-0.05, 0) is 0 Å². The molecule has 0 bridgehead atoms. The van der Waals surface area contributed by atoms with Crippen molar-refractivity contribution < 1.29 is 4.42 Å². The van der Waals surface area contributed by atoms with E-state index in [0.717, 1.165) is 12.2 Å². The summed E-state index contributed by atoms with van der Waals surface area (Å²) < 4.78 is 5.33. The molecule has 3 nitrogen and oxygen atoms in total. The smallest absolute Gasteiger partial charge is 0.192 e. The van der Waals surface area contributed by atoms with Gasteiger partial charge >= 0.3 is 0 Å². The molecule has 2 rings (SSSR count). The van der Waals surface area contributed by atoms with Crippen molar-refractivity contribution in [1.29, 1.82) is 0 Å². The van der Waals surface area contributed by atoms with Gasteiger partial charge in [0.05, 0.1) is 6.54 Å². The molecular formula is C8H9ClN2O. The molecule has 1 aliphatic rings. The lowest BCUT2D eigenvalue weighted by Gasteiger charge is -2.17. The zero-order valence-electron chi connectivity index (χ0n) is 6.97. The fourth-order valence-corrected chi connectivity index (χ4v) is 1.61. The number of rotatable bonds is 0. The average Bonchev–Trinajstić information content (AvgIpc) is 2.29. The van der Waals surface area contributed by atoms with Crippen LogP contribution in [0.15, 0.2) is 10.6 Å². The lowest BCUT2D eigenvalue weighted by molar-refractivity contribution is 0.430. The molecule has 64 valence electrons. The Morgan fingerprint density at radius 1 is 1.67 bits per heavy atom. The van der Waals surface area contributed by atoms with E-state index in [1.54, 1.807) is 0 Å². The zero-order chi connectivity index (χ0) is 8.72. The summed E-state index contributed by atoms with van der Waals surface area (Å²) in [6.07, 6.45) is 1.84. The van der Waals surface area contributed by atoms with Crippen LogP contribution >= 0.6 is 11.6 Å². The first-order chi connectivity index (χ1) is 5.66. The van der Waals surface area contributed by atoms with Gasteiger partial charge in [0.1, 0.15) is 10.7 Å². The van der Waals surface area contributed by atoms with Crippen molar-refractivity contribution >= 4 is 16.6 Å². The van der Waals surface area contributed by atoms with Crippen molar-refractivity contribution in [2.75, 3.05) is 7.05 Å². The topological polar surface area (TPSA) is 29.3 Å². The van der Waals surface area contributed by atoms with Crippen molar-refractivity contribution in [2.24, 2.45) is 0 Å². The van der Waals surface area contributed by atoms with Crippen LogP contribution < -0.4 is 0 Å². The van der Waals surface area contributed by atoms with Crippen LogP contribution in [0.25, 0.3) is 5.03 Å². The summed E-state index contributed by atoms with van der Waals surface area (Å²) in [5, 5.41) is 0.624. The van der Waals surface area contributed by atoms with Crippen molar-refractivity contribution in [3.05, 3.63) is 23.5 Å². The highest BCUT2D eigenvalue weighted by Crippen LogP contribution is 2.28. The van der Waals surface area contributed by atoms with Gasteiger partial charge in [0.2, 0.25) is 0 Å². The molecule has 2 heterocycles. The Balaban J connectivity index is 2.51. The number of aromatic nitrogens is 1. The molecule has 0 N–H and O–H groups in total. The molecule has 1 aromatic rings. The zero-order valence-corrected chi connectivity index (χ0v) is 7.72. The Kier molecular flexibility index (Phi) is 1.61. The van der Waals surface area contributed by atoms with E-state index < -0.39 is 0 Å². The minimum Gasteiger partial charge on any atom is -0.440 e. The molecule has 12 heavy (non-hydrogen) atoms. The van der Waals surface area contributed by atoms with Crippen molar-refractivity contribution in [1.82, 2.24) is 9.88 Å². The van der Waals surface area contributed by atoms with Crippen LogP contribution in [0.1, 0.15) is 17.3 Å². The van der Waals surface area contributed by atoms with Gasteiger partial charge < -0.3 is 9.32 Å². The standard InChI is InChI=1S/C8H9ClN2O/c1-5-10-7-4-11(2)3-6(9)8(7)12-5/h3H,4H2,1-2H3. The highest BCUT2D eigenvalue weighted by atomic mass is 35.5. The highest BCUT2D eigenvalue weighted by Gasteiger charge is 2.19. The first-order valence-corrected chi connectivity index (χ1v) is 4.09. The number of aryl methyl sites for hydroxylation is 1. The average molecular weight is 185 g/mol. The second-order valence-electron chi connectivity index (χ2n) is 2.90. The van der Waals surface area contributed by atoms with Gasteiger partial charge in [0.15, 0.2) is 11.7 Å². The van der Waals surface area contributed by atoms with Crippen molar-refractivity contribution in [2.45, 2.75) is 13.5 Å². The van der Waals surface area contributed by atoms with E-state index in [2.05, 4.69) is 4.98 Å². The number of halogens is 1. The van der Waals surface area contributed by atoms with E-state index in [-0.39, 0.29) is 0 Å². The van der Waals surface area contributed by atoms with Gasteiger partial charge in [0.25, 0.3) is 0 Å². The molecule has 0 spiro atoms. The van der Waals surface area contributed by atoms with E-state index in [4.69, 9.17) is 16.0 Å². The predicted molar refractivity (Wildman–Crippen MR) is 46.5 cm³/mol. The number of oxazole rings is 1. The quantitative estimate of drug-likeness (QED) is 0.618. The molecule has 1 aromatic heterocycles. The van der Waals surface area contributed by atoms with Gasteiger partial charge in [-0.1, -0.05) is 11.6 Å². The minimum atomic E-state index is 0.624. The maximum atomic E-state index is 5.94. The fraction of sp³-hybridized carbons (Fsp3) is 0.375. The molecule has 0 aromatic carbocycles. The number of fused-ring (bicyclic) bond motifs is 1. The molecule has 0 saturated heterocycles. The first kappa shape index (κ1) is 7.68. The normalized spacial score (nSPS) is 15.9. The Bertz CT molecular complexity index is 343. The second-order valence-corrected chi connectivity index (χ2v) is 3.31. The van der Waals surface area contributed by atoms with Crippen LogP contribution in [0.4, 0.5) is 0 Å². The van der Waals surface area contributed by atoms with Crippen LogP contribution in [0.2, 0.25) is 0 Å². The van der Waals surface area contributed by atoms with Gasteiger partial charge in [-0.25, -0.2) is 4.98 Å². The van der Waals surface area contributed by atoms with Crippen LogP contribution in [-0.4, -0.2) is 16.9 Å². The Hall–Kier alpha value is -0.960. The van der Waals surface area contributed by atoms with Crippen molar-refractivity contribution in [3.8, 4) is 0 Å². The van der Waals surface area contributed by atoms with Gasteiger partial charge in [0, 0.05) is 20.2 Å². The maximum Gasteiger partial charge on any atom is 0.192 e. The molecule has 0 saturated carbocycles. The molecule has 0 unspecified atom stereocenters. The molecule has 0 amide bonds. The third-order valence-electron chi connectivity index (χ3n) is 1.75. The summed E-state index contributed by atoms with van der Waals surface area (Å²) in [4.78, 5) is 6.20. The van der Waals surface area contributed by atoms with Crippen LogP contribution in [-0.2, 0) is 6.54 Å². The SMILES string of the molecule is Cc1nc2c(o1)C(Cl)=CN(C)C2. The molecule has 0 aliphatic carbocycles. The van der Waals surface area contributed by atoms with Gasteiger partial charge in [-0.15, -0.1) is 0 Å². The first-order valence-electron chi connectivity index (χ1n) is 3.71. The fourth-order valence-electron chi connectivity index (χ4n) is 1.30. The number of hydrogen-bond acceptors (Lipinski definition) is 3. The largest absolute Gasteiger partial charge is 0.440 e. The third kappa shape index (κ3) is 1.10. The monoisotopic (exact) mass is 184 g/mol. The summed E-state index contributed by atoms with van der Waals surface area (Å²) in [7, 11) is 1.95. The summed E-state index contributed by atoms with van der Waals surface area (Å²) in [6.45, 7) is 2.59. The number of hydrogen-bond donors (Lipinski definition) is 0. The molecule has 0 fully saturated rings. The van der Waals surface area contributed by atoms with Crippen LogP contribution in [0.3, 0.4) is 0 Å². The minimum absolute atomic E-state index is 0.624. The van der Waals surface area contributed by atoms with E-state index in [1.807, 2.05) is 25.1 Å². The summed E-state index contributed by atoms with van der Waals surface area (Å²) in [5.41, 5.74) is 0.919. The molecule has 1 aliphatic heterocycles. The van der Waals surface area contributed by atoms with Crippen LogP contribution in [0, 0.1) is 6.92 Å². The van der Waals surface area contributed by atoms with E-state index >= 15 is 0 Å². The van der Waals surface area contributed by atoms with Crippen LogP contribution in [0.5, 0.6) is 0 Å². The Labute approximate surface area is 75.6 Å². The summed E-state index contributed by atoms with van der Waals surface area (Å²) >= 11 is 5.94. The van der Waals surface area contributed by atoms with E-state index in [1.165, 1.54) is 0 Å². The number of nitrogens with zero attached hydrogens (tertiary/aromatic N) is 2. The Morgan fingerprint density at radius 2 is 2.42 bits per heavy atom. The third-order valence-corrected chi connectivity index (χ3v) is 2.02. The maximum absolute atomic E-state index is 5.94. The van der Waals surface area contributed by atoms with E-state index in [0.29, 0.717) is 16.7 Å². The van der Waals surface area contributed by atoms with Gasteiger partial charge in [-0.2, -0.15) is 0 Å². The molecule has 4 heteroatoms.